The highest BCUT2D eigenvalue weighted by atomic mass is 16.1. The molecule has 4 nitrogen and oxygen atoms in total. The maximum absolute atomic E-state index is 12.7. The van der Waals surface area contributed by atoms with E-state index in [0.29, 0.717) is 5.56 Å². The summed E-state index contributed by atoms with van der Waals surface area (Å²) < 4.78 is 0. The summed E-state index contributed by atoms with van der Waals surface area (Å²) in [6.07, 6.45) is 4.09. The summed E-state index contributed by atoms with van der Waals surface area (Å²) in [7, 11) is 0. The average Bonchev–Trinajstić information content (AvgIpc) is 2.62. The molecular formula is C22H29N3O. The predicted molar refractivity (Wildman–Crippen MR) is 108 cm³/mol. The van der Waals surface area contributed by atoms with Gasteiger partial charge in [-0.1, -0.05) is 45.9 Å². The number of carbonyl (C=O) groups excluding carboxylic acids is 1. The fourth-order valence-corrected chi connectivity index (χ4v) is 3.39. The van der Waals surface area contributed by atoms with Gasteiger partial charge in [-0.25, -0.2) is 4.98 Å². The van der Waals surface area contributed by atoms with Crippen molar-refractivity contribution in [3.8, 4) is 0 Å². The van der Waals surface area contributed by atoms with E-state index in [1.54, 1.807) is 6.20 Å². The van der Waals surface area contributed by atoms with Gasteiger partial charge in [-0.05, 0) is 47.9 Å². The Balaban J connectivity index is 1.71. The second-order valence-corrected chi connectivity index (χ2v) is 8.32. The number of hydrogen-bond donors (Lipinski definition) is 1. The standard InChI is InChI=1S/C22H29N3O/c1-16-11-13-25(14-12-16)20-10-9-17(15-23-20)21(26)24-19-8-6-5-7-18(19)22(2,3)4/h5-10,15-16H,11-14H2,1-4H3,(H,24,26). The van der Waals surface area contributed by atoms with E-state index >= 15 is 0 Å². The van der Waals surface area contributed by atoms with Gasteiger partial charge in [-0.3, -0.25) is 4.79 Å². The van der Waals surface area contributed by atoms with Gasteiger partial charge in [-0.2, -0.15) is 0 Å². The molecule has 1 amide bonds. The number of carbonyl (C=O) groups is 1. The number of aromatic nitrogens is 1. The van der Waals surface area contributed by atoms with Crippen LogP contribution in [0.2, 0.25) is 0 Å². The van der Waals surface area contributed by atoms with Crippen LogP contribution < -0.4 is 10.2 Å². The molecule has 26 heavy (non-hydrogen) atoms. The summed E-state index contributed by atoms with van der Waals surface area (Å²) >= 11 is 0. The van der Waals surface area contributed by atoms with E-state index in [9.17, 15) is 4.79 Å². The summed E-state index contributed by atoms with van der Waals surface area (Å²) in [5.41, 5.74) is 2.54. The maximum atomic E-state index is 12.7. The number of rotatable bonds is 3. The summed E-state index contributed by atoms with van der Waals surface area (Å²) in [6, 6.07) is 11.8. The lowest BCUT2D eigenvalue weighted by molar-refractivity contribution is 0.102. The number of hydrogen-bond acceptors (Lipinski definition) is 3. The molecule has 0 spiro atoms. The number of anilines is 2. The van der Waals surface area contributed by atoms with Crippen molar-refractivity contribution in [3.63, 3.8) is 0 Å². The van der Waals surface area contributed by atoms with E-state index in [0.717, 1.165) is 36.1 Å². The first kappa shape index (κ1) is 18.4. The number of nitrogens with one attached hydrogen (secondary N) is 1. The molecule has 1 saturated heterocycles. The first-order valence-corrected chi connectivity index (χ1v) is 9.46. The zero-order valence-electron chi connectivity index (χ0n) is 16.2. The van der Waals surface area contributed by atoms with Gasteiger partial charge in [0.2, 0.25) is 0 Å². The lowest BCUT2D eigenvalue weighted by atomic mass is 9.86. The Labute approximate surface area is 156 Å². The van der Waals surface area contributed by atoms with Gasteiger partial charge in [0.15, 0.2) is 0 Å². The summed E-state index contributed by atoms with van der Waals surface area (Å²) in [5, 5.41) is 3.05. The fraction of sp³-hybridized carbons (Fsp3) is 0.455. The maximum Gasteiger partial charge on any atom is 0.257 e. The van der Waals surface area contributed by atoms with E-state index in [1.807, 2.05) is 30.3 Å². The van der Waals surface area contributed by atoms with Crippen LogP contribution in [0.4, 0.5) is 11.5 Å². The van der Waals surface area contributed by atoms with Crippen molar-refractivity contribution >= 4 is 17.4 Å². The molecule has 2 aromatic rings. The summed E-state index contributed by atoms with van der Waals surface area (Å²) in [6.45, 7) is 10.8. The number of pyridine rings is 1. The third-order valence-corrected chi connectivity index (χ3v) is 5.10. The van der Waals surface area contributed by atoms with Crippen LogP contribution in [-0.4, -0.2) is 24.0 Å². The minimum absolute atomic E-state index is 0.0304. The van der Waals surface area contributed by atoms with Crippen LogP contribution in [0.25, 0.3) is 0 Å². The first-order valence-electron chi connectivity index (χ1n) is 9.46. The van der Waals surface area contributed by atoms with Crippen LogP contribution in [0.1, 0.15) is 56.5 Å². The number of para-hydroxylation sites is 1. The van der Waals surface area contributed by atoms with E-state index in [-0.39, 0.29) is 11.3 Å². The number of piperidine rings is 1. The molecule has 0 atom stereocenters. The second-order valence-electron chi connectivity index (χ2n) is 8.32. The Hall–Kier alpha value is -2.36. The molecule has 1 fully saturated rings. The molecule has 0 bridgehead atoms. The van der Waals surface area contributed by atoms with Crippen molar-refractivity contribution in [3.05, 3.63) is 53.7 Å². The lowest BCUT2D eigenvalue weighted by Gasteiger charge is -2.31. The Kier molecular flexibility index (Phi) is 5.30. The van der Waals surface area contributed by atoms with Crippen molar-refractivity contribution in [1.82, 2.24) is 4.98 Å². The Bertz CT molecular complexity index is 754. The molecule has 2 heterocycles. The molecule has 0 radical (unpaired) electrons. The van der Waals surface area contributed by atoms with Gasteiger partial charge < -0.3 is 10.2 Å². The van der Waals surface area contributed by atoms with Crippen LogP contribution >= 0.6 is 0 Å². The van der Waals surface area contributed by atoms with Crippen LogP contribution in [0.15, 0.2) is 42.6 Å². The van der Waals surface area contributed by atoms with Crippen LogP contribution in [-0.2, 0) is 5.41 Å². The number of amides is 1. The highest BCUT2D eigenvalue weighted by Crippen LogP contribution is 2.29. The predicted octanol–water partition coefficient (Wildman–Crippen LogP) is 4.87. The van der Waals surface area contributed by atoms with E-state index in [2.05, 4.69) is 49.0 Å². The minimum atomic E-state index is -0.118. The molecule has 3 rings (SSSR count). The first-order chi connectivity index (χ1) is 12.3. The van der Waals surface area contributed by atoms with E-state index in [1.165, 1.54) is 12.8 Å². The summed E-state index contributed by atoms with van der Waals surface area (Å²) in [5.74, 6) is 1.63. The zero-order chi connectivity index (χ0) is 18.7. The molecule has 1 aromatic heterocycles. The fourth-order valence-electron chi connectivity index (χ4n) is 3.39. The van der Waals surface area contributed by atoms with Gasteiger partial charge in [-0.15, -0.1) is 0 Å². The highest BCUT2D eigenvalue weighted by Gasteiger charge is 2.20. The Morgan fingerprint density at radius 1 is 1.12 bits per heavy atom. The zero-order valence-corrected chi connectivity index (χ0v) is 16.2. The Morgan fingerprint density at radius 2 is 1.81 bits per heavy atom. The van der Waals surface area contributed by atoms with E-state index in [4.69, 9.17) is 0 Å². The van der Waals surface area contributed by atoms with Crippen LogP contribution in [0, 0.1) is 5.92 Å². The van der Waals surface area contributed by atoms with Crippen molar-refractivity contribution in [2.45, 2.75) is 46.0 Å². The van der Waals surface area contributed by atoms with Crippen molar-refractivity contribution in [1.29, 1.82) is 0 Å². The molecule has 0 aliphatic carbocycles. The molecule has 1 N–H and O–H groups in total. The Morgan fingerprint density at radius 3 is 2.42 bits per heavy atom. The molecule has 0 saturated carbocycles. The monoisotopic (exact) mass is 351 g/mol. The molecule has 4 heteroatoms. The van der Waals surface area contributed by atoms with Gasteiger partial charge >= 0.3 is 0 Å². The molecule has 138 valence electrons. The van der Waals surface area contributed by atoms with Gasteiger partial charge in [0, 0.05) is 25.0 Å². The SMILES string of the molecule is CC1CCN(c2ccc(C(=O)Nc3ccccc3C(C)(C)C)cn2)CC1. The van der Waals surface area contributed by atoms with Gasteiger partial charge in [0.25, 0.3) is 5.91 Å². The lowest BCUT2D eigenvalue weighted by Crippen LogP contribution is -2.33. The normalized spacial score (nSPS) is 15.8. The van der Waals surface area contributed by atoms with Crippen LogP contribution in [0.3, 0.4) is 0 Å². The van der Waals surface area contributed by atoms with Crippen molar-refractivity contribution in [2.24, 2.45) is 5.92 Å². The van der Waals surface area contributed by atoms with Gasteiger partial charge in [0.05, 0.1) is 5.56 Å². The molecular weight excluding hydrogens is 322 g/mol. The summed E-state index contributed by atoms with van der Waals surface area (Å²) in [4.78, 5) is 19.5. The van der Waals surface area contributed by atoms with Crippen molar-refractivity contribution in [2.75, 3.05) is 23.3 Å². The second kappa shape index (κ2) is 7.48. The van der Waals surface area contributed by atoms with Crippen LogP contribution in [0.5, 0.6) is 0 Å². The van der Waals surface area contributed by atoms with Crippen molar-refractivity contribution < 1.29 is 4.79 Å². The third kappa shape index (κ3) is 4.24. The molecule has 0 unspecified atom stereocenters. The largest absolute Gasteiger partial charge is 0.357 e. The highest BCUT2D eigenvalue weighted by molar-refractivity contribution is 6.04. The topological polar surface area (TPSA) is 45.2 Å². The minimum Gasteiger partial charge on any atom is -0.357 e. The quantitative estimate of drug-likeness (QED) is 0.858. The smallest absolute Gasteiger partial charge is 0.257 e. The molecule has 1 aliphatic rings. The molecule has 1 aliphatic heterocycles. The average molecular weight is 351 g/mol. The van der Waals surface area contributed by atoms with E-state index < -0.39 is 0 Å². The van der Waals surface area contributed by atoms with Gasteiger partial charge in [0.1, 0.15) is 5.82 Å². The third-order valence-electron chi connectivity index (χ3n) is 5.10. The number of nitrogens with zero attached hydrogens (tertiary/aromatic N) is 2. The number of benzene rings is 1. The molecule has 1 aromatic carbocycles.